The van der Waals surface area contributed by atoms with Gasteiger partial charge in [-0.25, -0.2) is 0 Å². The number of aliphatic hydroxyl groups is 1. The second-order valence-electron chi connectivity index (χ2n) is 6.76. The van der Waals surface area contributed by atoms with E-state index in [1.807, 2.05) is 0 Å². The zero-order valence-electron chi connectivity index (χ0n) is 12.6. The van der Waals surface area contributed by atoms with Crippen LogP contribution in [0.1, 0.15) is 55.4 Å². The molecule has 2 heteroatoms. The molecule has 1 aliphatic carbocycles. The van der Waals surface area contributed by atoms with E-state index in [9.17, 15) is 5.11 Å². The monoisotopic (exact) mass is 273 g/mol. The number of fused-ring (bicyclic) bond motifs is 1. The number of aliphatic hydroxyl groups excluding tert-OH is 1. The van der Waals surface area contributed by atoms with Crippen molar-refractivity contribution in [3.63, 3.8) is 0 Å². The molecule has 0 aromatic heterocycles. The lowest BCUT2D eigenvalue weighted by molar-refractivity contribution is 0.0875. The normalized spacial score (nSPS) is 25.2. The van der Waals surface area contributed by atoms with Crippen LogP contribution in [-0.2, 0) is 12.8 Å². The smallest absolute Gasteiger partial charge is 0.0917 e. The van der Waals surface area contributed by atoms with E-state index in [1.165, 1.54) is 49.7 Å². The molecule has 1 aromatic rings. The summed E-state index contributed by atoms with van der Waals surface area (Å²) in [6.07, 6.45) is 7.32. The number of hydrogen-bond donors (Lipinski definition) is 1. The number of aryl methyl sites for hydroxylation is 2. The first-order valence-electron chi connectivity index (χ1n) is 8.24. The fourth-order valence-electron chi connectivity index (χ4n) is 3.76. The minimum atomic E-state index is -0.326. The average molecular weight is 273 g/mol. The summed E-state index contributed by atoms with van der Waals surface area (Å²) in [7, 11) is 0. The van der Waals surface area contributed by atoms with Crippen molar-refractivity contribution in [3.8, 4) is 0 Å². The summed E-state index contributed by atoms with van der Waals surface area (Å²) in [5.74, 6) is 0.777. The molecule has 1 fully saturated rings. The van der Waals surface area contributed by atoms with Crippen molar-refractivity contribution < 1.29 is 5.11 Å². The molecule has 2 atom stereocenters. The molecule has 1 aromatic carbocycles. The van der Waals surface area contributed by atoms with E-state index in [1.54, 1.807) is 0 Å². The van der Waals surface area contributed by atoms with Gasteiger partial charge in [0.25, 0.3) is 0 Å². The molecule has 1 heterocycles. The Morgan fingerprint density at radius 2 is 2.00 bits per heavy atom. The lowest BCUT2D eigenvalue weighted by Crippen LogP contribution is -2.37. The number of likely N-dealkylation sites (tertiary alicyclic amines) is 1. The second-order valence-corrected chi connectivity index (χ2v) is 6.76. The molecule has 0 saturated carbocycles. The van der Waals surface area contributed by atoms with Gasteiger partial charge in [0.2, 0.25) is 0 Å². The predicted octanol–water partition coefficient (Wildman–Crippen LogP) is 3.33. The highest BCUT2D eigenvalue weighted by molar-refractivity contribution is 5.34. The summed E-state index contributed by atoms with van der Waals surface area (Å²) in [5.41, 5.74) is 4.09. The largest absolute Gasteiger partial charge is 0.387 e. The molecule has 2 nitrogen and oxygen atoms in total. The van der Waals surface area contributed by atoms with Crippen molar-refractivity contribution in [1.82, 2.24) is 4.90 Å². The van der Waals surface area contributed by atoms with Crippen LogP contribution >= 0.6 is 0 Å². The summed E-state index contributed by atoms with van der Waals surface area (Å²) in [6, 6.07) is 6.64. The van der Waals surface area contributed by atoms with Crippen LogP contribution in [-0.4, -0.2) is 29.6 Å². The van der Waals surface area contributed by atoms with Crippen LogP contribution in [0.15, 0.2) is 18.2 Å². The highest BCUT2D eigenvalue weighted by Gasteiger charge is 2.20. The van der Waals surface area contributed by atoms with Gasteiger partial charge < -0.3 is 10.0 Å². The molecule has 1 N–H and O–H groups in total. The molecule has 0 amide bonds. The summed E-state index contributed by atoms with van der Waals surface area (Å²) < 4.78 is 0. The molecule has 0 spiro atoms. The van der Waals surface area contributed by atoms with E-state index in [-0.39, 0.29) is 6.10 Å². The Hall–Kier alpha value is -0.860. The number of rotatable bonds is 3. The van der Waals surface area contributed by atoms with Crippen LogP contribution in [0.5, 0.6) is 0 Å². The van der Waals surface area contributed by atoms with Gasteiger partial charge in [-0.3, -0.25) is 0 Å². The Kier molecular flexibility index (Phi) is 4.42. The Bertz CT molecular complexity index is 457. The molecule has 2 aliphatic rings. The molecule has 0 bridgehead atoms. The first-order valence-corrected chi connectivity index (χ1v) is 8.24. The first kappa shape index (κ1) is 14.1. The number of β-amino-alcohol motifs (C(OH)–C–C–N with tert-alkyl or cyclic N) is 1. The van der Waals surface area contributed by atoms with Gasteiger partial charge in [0.15, 0.2) is 0 Å². The third-order valence-corrected chi connectivity index (χ3v) is 4.93. The summed E-state index contributed by atoms with van der Waals surface area (Å²) in [6.45, 7) is 5.40. The third kappa shape index (κ3) is 3.24. The topological polar surface area (TPSA) is 23.5 Å². The lowest BCUT2D eigenvalue weighted by atomic mass is 9.89. The van der Waals surface area contributed by atoms with Crippen LogP contribution in [0.25, 0.3) is 0 Å². The van der Waals surface area contributed by atoms with Crippen molar-refractivity contribution >= 4 is 0 Å². The molecular weight excluding hydrogens is 246 g/mol. The zero-order valence-corrected chi connectivity index (χ0v) is 12.6. The third-order valence-electron chi connectivity index (χ3n) is 4.93. The summed E-state index contributed by atoms with van der Waals surface area (Å²) in [4.78, 5) is 2.43. The number of piperidine rings is 1. The molecule has 3 rings (SSSR count). The minimum Gasteiger partial charge on any atom is -0.387 e. The van der Waals surface area contributed by atoms with Crippen LogP contribution in [0.2, 0.25) is 0 Å². The predicted molar refractivity (Wildman–Crippen MR) is 82.9 cm³/mol. The Balaban J connectivity index is 1.66. The van der Waals surface area contributed by atoms with E-state index in [2.05, 4.69) is 30.0 Å². The van der Waals surface area contributed by atoms with Gasteiger partial charge in [0.05, 0.1) is 6.10 Å². The van der Waals surface area contributed by atoms with Gasteiger partial charge in [0.1, 0.15) is 0 Å². The summed E-state index contributed by atoms with van der Waals surface area (Å²) >= 11 is 0. The standard InChI is InChI=1S/C18H27NO/c1-14-5-4-10-19(12-14)13-18(20)17-9-8-15-6-2-3-7-16(15)11-17/h8-9,11,14,18,20H,2-7,10,12-13H2,1H3. The zero-order chi connectivity index (χ0) is 13.9. The van der Waals surface area contributed by atoms with Gasteiger partial charge in [-0.05, 0) is 67.7 Å². The van der Waals surface area contributed by atoms with Crippen LogP contribution in [0.3, 0.4) is 0 Å². The van der Waals surface area contributed by atoms with Crippen LogP contribution in [0.4, 0.5) is 0 Å². The second kappa shape index (κ2) is 6.28. The highest BCUT2D eigenvalue weighted by atomic mass is 16.3. The Morgan fingerprint density at radius 1 is 1.20 bits per heavy atom. The van der Waals surface area contributed by atoms with E-state index in [4.69, 9.17) is 0 Å². The molecule has 2 unspecified atom stereocenters. The maximum atomic E-state index is 10.5. The van der Waals surface area contributed by atoms with Crippen molar-refractivity contribution in [2.45, 2.75) is 51.6 Å². The quantitative estimate of drug-likeness (QED) is 0.913. The van der Waals surface area contributed by atoms with Crippen molar-refractivity contribution in [2.75, 3.05) is 19.6 Å². The fraction of sp³-hybridized carbons (Fsp3) is 0.667. The van der Waals surface area contributed by atoms with Gasteiger partial charge in [-0.1, -0.05) is 25.1 Å². The Morgan fingerprint density at radius 3 is 2.80 bits per heavy atom. The average Bonchev–Trinajstić information content (AvgIpc) is 2.47. The maximum absolute atomic E-state index is 10.5. The van der Waals surface area contributed by atoms with E-state index >= 15 is 0 Å². The number of hydrogen-bond acceptors (Lipinski definition) is 2. The lowest BCUT2D eigenvalue weighted by Gasteiger charge is -2.32. The molecule has 1 aliphatic heterocycles. The molecule has 0 radical (unpaired) electrons. The van der Waals surface area contributed by atoms with E-state index in [0.29, 0.717) is 0 Å². The first-order chi connectivity index (χ1) is 9.72. The molecule has 1 saturated heterocycles. The fourth-order valence-corrected chi connectivity index (χ4v) is 3.76. The van der Waals surface area contributed by atoms with Crippen molar-refractivity contribution in [1.29, 1.82) is 0 Å². The van der Waals surface area contributed by atoms with Crippen molar-refractivity contribution in [2.24, 2.45) is 5.92 Å². The van der Waals surface area contributed by atoms with E-state index < -0.39 is 0 Å². The van der Waals surface area contributed by atoms with Gasteiger partial charge in [-0.2, -0.15) is 0 Å². The number of nitrogens with zero attached hydrogens (tertiary/aromatic N) is 1. The van der Waals surface area contributed by atoms with Crippen LogP contribution < -0.4 is 0 Å². The molecule has 20 heavy (non-hydrogen) atoms. The highest BCUT2D eigenvalue weighted by Crippen LogP contribution is 2.26. The Labute approximate surface area is 122 Å². The minimum absolute atomic E-state index is 0.326. The summed E-state index contributed by atoms with van der Waals surface area (Å²) in [5, 5.41) is 10.5. The van der Waals surface area contributed by atoms with Gasteiger partial charge >= 0.3 is 0 Å². The maximum Gasteiger partial charge on any atom is 0.0917 e. The van der Waals surface area contributed by atoms with Crippen LogP contribution in [0, 0.1) is 5.92 Å². The van der Waals surface area contributed by atoms with Gasteiger partial charge in [0, 0.05) is 13.1 Å². The molecule has 110 valence electrons. The molecular formula is C18H27NO. The van der Waals surface area contributed by atoms with Gasteiger partial charge in [-0.15, -0.1) is 0 Å². The van der Waals surface area contributed by atoms with Crippen molar-refractivity contribution in [3.05, 3.63) is 34.9 Å². The number of benzene rings is 1. The van der Waals surface area contributed by atoms with E-state index in [0.717, 1.165) is 31.1 Å². The SMILES string of the molecule is CC1CCCN(CC(O)c2ccc3c(c2)CCCC3)C1.